The van der Waals surface area contributed by atoms with Gasteiger partial charge < -0.3 is 4.98 Å². The number of aromatic amines is 1. The molecule has 0 atom stereocenters. The van der Waals surface area contributed by atoms with E-state index in [9.17, 15) is 9.70 Å². The third-order valence-electron chi connectivity index (χ3n) is 3.86. The van der Waals surface area contributed by atoms with Gasteiger partial charge in [0.1, 0.15) is 5.65 Å². The first kappa shape index (κ1) is 13.2. The Balaban J connectivity index is 2.36. The highest BCUT2D eigenvalue weighted by molar-refractivity contribution is 9.10. The van der Waals surface area contributed by atoms with Crippen LogP contribution < -0.4 is 5.56 Å². The van der Waals surface area contributed by atoms with Crippen LogP contribution in [0.2, 0.25) is 0 Å². The molecular weight excluding hydrogens is 346 g/mol. The molecule has 0 unspecified atom stereocenters. The van der Waals surface area contributed by atoms with Crippen molar-refractivity contribution in [3.8, 4) is 0 Å². The Labute approximate surface area is 132 Å². The molecular formula is C16H10BrN3O2. The summed E-state index contributed by atoms with van der Waals surface area (Å²) in [4.78, 5) is 27.3. The maximum Gasteiger partial charge on any atom is 0.266 e. The molecule has 0 amide bonds. The molecule has 22 heavy (non-hydrogen) atoms. The smallest absolute Gasteiger partial charge is 0.266 e. The lowest BCUT2D eigenvalue weighted by Crippen LogP contribution is -2.13. The average molecular weight is 356 g/mol. The lowest BCUT2D eigenvalue weighted by atomic mass is 10.1. The highest BCUT2D eigenvalue weighted by Crippen LogP contribution is 2.33. The first-order valence-electron chi connectivity index (χ1n) is 6.70. The van der Waals surface area contributed by atoms with Crippen molar-refractivity contribution in [2.24, 2.45) is 5.18 Å². The SMILES string of the molecule is Cc1ccc2c(c1)c(N=O)c1[nH]c3ccc(Br)cc3c(=O)n12. The van der Waals surface area contributed by atoms with E-state index >= 15 is 0 Å². The maximum absolute atomic E-state index is 12.8. The highest BCUT2D eigenvalue weighted by Gasteiger charge is 2.17. The van der Waals surface area contributed by atoms with E-state index in [-0.39, 0.29) is 11.2 Å². The van der Waals surface area contributed by atoms with Crippen LogP contribution in [0.3, 0.4) is 0 Å². The number of rotatable bonds is 1. The Kier molecular flexibility index (Phi) is 2.71. The summed E-state index contributed by atoms with van der Waals surface area (Å²) in [5, 5.41) is 4.37. The standard InChI is InChI=1S/C16H10BrN3O2/c1-8-2-5-13-11(6-8)14(19-22)15-18-12-4-3-9(17)7-10(12)16(21)20(13)15/h2-7,18H,1H3. The lowest BCUT2D eigenvalue weighted by molar-refractivity contribution is 1.15. The van der Waals surface area contributed by atoms with Crippen LogP contribution in [-0.2, 0) is 0 Å². The van der Waals surface area contributed by atoms with Crippen molar-refractivity contribution in [2.75, 3.05) is 0 Å². The summed E-state index contributed by atoms with van der Waals surface area (Å²) in [6.07, 6.45) is 0. The Bertz CT molecular complexity index is 1140. The molecule has 0 bridgehead atoms. The Hall–Kier alpha value is -2.47. The molecule has 2 aromatic heterocycles. The second kappa shape index (κ2) is 4.51. The molecule has 0 aliphatic heterocycles. The fraction of sp³-hybridized carbons (Fsp3) is 0.0625. The second-order valence-corrected chi connectivity index (χ2v) is 6.18. The second-order valence-electron chi connectivity index (χ2n) is 5.26. The van der Waals surface area contributed by atoms with Crippen LogP contribution >= 0.6 is 15.9 Å². The Morgan fingerprint density at radius 2 is 1.95 bits per heavy atom. The Morgan fingerprint density at radius 1 is 1.14 bits per heavy atom. The minimum absolute atomic E-state index is 0.172. The number of H-pyrrole nitrogens is 1. The molecule has 0 spiro atoms. The van der Waals surface area contributed by atoms with Crippen LogP contribution in [0.25, 0.3) is 27.5 Å². The van der Waals surface area contributed by atoms with Gasteiger partial charge in [0.2, 0.25) is 0 Å². The quantitative estimate of drug-likeness (QED) is 0.514. The maximum atomic E-state index is 12.8. The zero-order chi connectivity index (χ0) is 15.4. The number of aromatic nitrogens is 2. The molecule has 0 radical (unpaired) electrons. The number of halogens is 1. The predicted octanol–water partition coefficient (Wildman–Crippen LogP) is 4.40. The lowest BCUT2D eigenvalue weighted by Gasteiger charge is -2.02. The number of nitrogens with one attached hydrogen (secondary N) is 1. The summed E-state index contributed by atoms with van der Waals surface area (Å²) >= 11 is 3.38. The Morgan fingerprint density at radius 3 is 2.73 bits per heavy atom. The van der Waals surface area contributed by atoms with E-state index in [0.717, 1.165) is 10.0 Å². The number of nitrogens with zero attached hydrogens (tertiary/aromatic N) is 2. The number of nitroso groups, excluding NO2 is 1. The molecule has 4 aromatic rings. The molecule has 1 N–H and O–H groups in total. The summed E-state index contributed by atoms with van der Waals surface area (Å²) < 4.78 is 2.34. The van der Waals surface area contributed by atoms with Crippen molar-refractivity contribution in [1.29, 1.82) is 0 Å². The van der Waals surface area contributed by atoms with Gasteiger partial charge in [0, 0.05) is 9.86 Å². The van der Waals surface area contributed by atoms with Crippen LogP contribution in [0.5, 0.6) is 0 Å². The fourth-order valence-electron chi connectivity index (χ4n) is 2.86. The summed E-state index contributed by atoms with van der Waals surface area (Å²) in [7, 11) is 0. The van der Waals surface area contributed by atoms with E-state index in [2.05, 4.69) is 26.1 Å². The van der Waals surface area contributed by atoms with E-state index in [1.165, 1.54) is 4.40 Å². The zero-order valence-electron chi connectivity index (χ0n) is 11.6. The molecule has 5 nitrogen and oxygen atoms in total. The minimum atomic E-state index is -0.172. The molecule has 0 fully saturated rings. The van der Waals surface area contributed by atoms with Gasteiger partial charge in [0.05, 0.1) is 16.4 Å². The zero-order valence-corrected chi connectivity index (χ0v) is 13.1. The first-order chi connectivity index (χ1) is 10.6. The largest absolute Gasteiger partial charge is 0.339 e. The van der Waals surface area contributed by atoms with Gasteiger partial charge in [-0.1, -0.05) is 27.6 Å². The summed E-state index contributed by atoms with van der Waals surface area (Å²) in [5.74, 6) is 0. The van der Waals surface area contributed by atoms with Crippen molar-refractivity contribution in [1.82, 2.24) is 9.38 Å². The molecule has 0 saturated heterocycles. The third-order valence-corrected chi connectivity index (χ3v) is 4.35. The fourth-order valence-corrected chi connectivity index (χ4v) is 3.22. The average Bonchev–Trinajstić information content (AvgIpc) is 2.81. The van der Waals surface area contributed by atoms with Gasteiger partial charge in [-0.15, -0.1) is 4.91 Å². The molecule has 6 heteroatoms. The number of hydrogen-bond acceptors (Lipinski definition) is 3. The molecule has 108 valence electrons. The van der Waals surface area contributed by atoms with Gasteiger partial charge in [-0.2, -0.15) is 0 Å². The number of benzene rings is 2. The van der Waals surface area contributed by atoms with Gasteiger partial charge >= 0.3 is 0 Å². The van der Waals surface area contributed by atoms with Crippen molar-refractivity contribution in [2.45, 2.75) is 6.92 Å². The van der Waals surface area contributed by atoms with E-state index in [0.29, 0.717) is 27.5 Å². The van der Waals surface area contributed by atoms with Crippen molar-refractivity contribution in [3.63, 3.8) is 0 Å². The number of aryl methyl sites for hydroxylation is 1. The number of fused-ring (bicyclic) bond motifs is 4. The normalized spacial score (nSPS) is 11.5. The van der Waals surface area contributed by atoms with E-state index < -0.39 is 0 Å². The monoisotopic (exact) mass is 355 g/mol. The van der Waals surface area contributed by atoms with Crippen LogP contribution in [0.15, 0.2) is 50.8 Å². The van der Waals surface area contributed by atoms with Gasteiger partial charge in [0.15, 0.2) is 5.69 Å². The predicted molar refractivity (Wildman–Crippen MR) is 90.9 cm³/mol. The molecule has 0 aliphatic rings. The van der Waals surface area contributed by atoms with E-state index in [4.69, 9.17) is 0 Å². The van der Waals surface area contributed by atoms with Crippen molar-refractivity contribution < 1.29 is 0 Å². The molecule has 2 heterocycles. The van der Waals surface area contributed by atoms with E-state index in [1.807, 2.05) is 31.2 Å². The van der Waals surface area contributed by atoms with Crippen molar-refractivity contribution in [3.05, 3.63) is 61.7 Å². The molecule has 0 saturated carbocycles. The van der Waals surface area contributed by atoms with E-state index in [1.54, 1.807) is 12.1 Å². The molecule has 4 rings (SSSR count). The molecule has 2 aromatic carbocycles. The van der Waals surface area contributed by atoms with Gasteiger partial charge in [-0.3, -0.25) is 9.20 Å². The van der Waals surface area contributed by atoms with Crippen LogP contribution in [0, 0.1) is 11.8 Å². The van der Waals surface area contributed by atoms with Gasteiger partial charge in [-0.25, -0.2) is 0 Å². The van der Waals surface area contributed by atoms with Crippen LogP contribution in [-0.4, -0.2) is 9.38 Å². The number of hydrogen-bond donors (Lipinski definition) is 1. The minimum Gasteiger partial charge on any atom is -0.339 e. The molecule has 0 aliphatic carbocycles. The first-order valence-corrected chi connectivity index (χ1v) is 7.49. The van der Waals surface area contributed by atoms with Gasteiger partial charge in [-0.05, 0) is 42.4 Å². The summed E-state index contributed by atoms with van der Waals surface area (Å²) in [6, 6.07) is 11.0. The third kappa shape index (κ3) is 1.67. The van der Waals surface area contributed by atoms with Crippen LogP contribution in [0.4, 0.5) is 5.69 Å². The van der Waals surface area contributed by atoms with Gasteiger partial charge in [0.25, 0.3) is 5.56 Å². The van der Waals surface area contributed by atoms with Crippen molar-refractivity contribution >= 4 is 49.1 Å². The van der Waals surface area contributed by atoms with Crippen LogP contribution in [0.1, 0.15) is 5.56 Å². The highest BCUT2D eigenvalue weighted by atomic mass is 79.9. The summed E-state index contributed by atoms with van der Waals surface area (Å²) in [5.41, 5.74) is 2.88. The topological polar surface area (TPSA) is 66.7 Å². The summed E-state index contributed by atoms with van der Waals surface area (Å²) in [6.45, 7) is 1.94.